The molecule has 0 heterocycles. The van der Waals surface area contributed by atoms with E-state index < -0.39 is 0 Å². The maximum atomic E-state index is 3.49. The zero-order chi connectivity index (χ0) is 46.1. The predicted molar refractivity (Wildman–Crippen MR) is 299 cm³/mol. The Labute approximate surface area is 443 Å². The van der Waals surface area contributed by atoms with Crippen molar-refractivity contribution in [2.45, 2.75) is 167 Å². The molecular formula is C64H82Cl2SiZr-4. The summed E-state index contributed by atoms with van der Waals surface area (Å²) in [6.45, 7) is 27.2. The second-order valence-corrected chi connectivity index (χ2v) is 24.5. The van der Waals surface area contributed by atoms with Crippen molar-refractivity contribution < 1.29 is 23.3 Å². The first-order valence-corrected chi connectivity index (χ1v) is 29.9. The number of fused-ring (bicyclic) bond motifs is 2. The number of aryl methyl sites for hydroxylation is 2. The molecule has 0 aliphatic heterocycles. The van der Waals surface area contributed by atoms with Crippen molar-refractivity contribution in [3.63, 3.8) is 0 Å². The van der Waals surface area contributed by atoms with Crippen LogP contribution in [-0.4, -0.2) is 6.88 Å². The van der Waals surface area contributed by atoms with Crippen LogP contribution in [0, 0.1) is 63.7 Å². The molecule has 0 N–H and O–H groups in total. The van der Waals surface area contributed by atoms with Gasteiger partial charge in [0, 0.05) is 0 Å². The molecule has 0 aromatic heterocycles. The fourth-order valence-corrected chi connectivity index (χ4v) is 16.0. The van der Waals surface area contributed by atoms with Crippen LogP contribution in [0.4, 0.5) is 0 Å². The van der Waals surface area contributed by atoms with Crippen LogP contribution in [0.5, 0.6) is 0 Å². The van der Waals surface area contributed by atoms with Crippen molar-refractivity contribution in [1.29, 1.82) is 0 Å². The second-order valence-electron chi connectivity index (χ2n) is 24.5. The van der Waals surface area contributed by atoms with E-state index in [0.717, 1.165) is 41.9 Å². The van der Waals surface area contributed by atoms with E-state index in [1.165, 1.54) is 166 Å². The average Bonchev–Trinajstić information content (AvgIpc) is 3.81. The quantitative estimate of drug-likeness (QED) is 0.122. The number of benzene rings is 4. The Morgan fingerprint density at radius 2 is 0.779 bits per heavy atom. The van der Waals surface area contributed by atoms with Gasteiger partial charge in [-0.3, -0.25) is 0 Å². The standard InChI is InChI=1S/2C30H35.C3H7.CH3.2ClH.Si.Zr/c2*1-19-27(29(2,3)4)15-24-6-5-7-26(28(19)24)23-8-10-25(11-9-23)30-16-20-12-21(17-30)14-22(13-20)18-30;1-3-2;;;;;/h2*5-11,15,20-22H,12-14,16-18H2,1-4H3;1,3H2,2H3;1H3;2*1H;;/q4*-1;;;;. The molecule has 8 aliphatic rings. The molecule has 6 aromatic carbocycles. The zero-order valence-electron chi connectivity index (χ0n) is 43.4. The molecule has 4 heteroatoms. The molecule has 0 nitrogen and oxygen atoms in total. The van der Waals surface area contributed by atoms with E-state index in [-0.39, 0.29) is 43.1 Å². The molecule has 0 atom stereocenters. The molecule has 14 rings (SSSR count). The van der Waals surface area contributed by atoms with Crippen molar-refractivity contribution in [2.75, 3.05) is 0 Å². The van der Waals surface area contributed by atoms with Crippen LogP contribution in [0.15, 0.2) is 97.1 Å². The Bertz CT molecular complexity index is 2370. The topological polar surface area (TPSA) is 0 Å². The SMILES string of the molecule is Cc1c(C(C)(C)C)[cH-]c2cccc(-c3ccc(C45CC6CC(CC(C6)C4)C5)cc3)c12.Cc1c(C(C)(C)C)[cH-]c2cccc(-c3ccc(C45CC6CC(CC(C6)C4)C5)cc3)c12.Cl.Cl.[CH2-]CC.[CH3-].[Si]=[Zr]. The summed E-state index contributed by atoms with van der Waals surface area (Å²) in [5.74, 6) is 6.04. The summed E-state index contributed by atoms with van der Waals surface area (Å²) in [5.41, 5.74) is 16.1. The van der Waals surface area contributed by atoms with Gasteiger partial charge in [-0.25, -0.2) is 0 Å². The Balaban J connectivity index is 0.000000197. The van der Waals surface area contributed by atoms with Gasteiger partial charge in [0.15, 0.2) is 0 Å². The molecule has 68 heavy (non-hydrogen) atoms. The van der Waals surface area contributed by atoms with Crippen LogP contribution < -0.4 is 0 Å². The first-order chi connectivity index (χ1) is 31.1. The molecule has 0 saturated heterocycles. The van der Waals surface area contributed by atoms with Gasteiger partial charge in [-0.1, -0.05) is 134 Å². The molecule has 0 amide bonds. The van der Waals surface area contributed by atoms with E-state index in [2.05, 4.69) is 166 Å². The Hall–Kier alpha value is -2.22. The molecule has 364 valence electrons. The van der Waals surface area contributed by atoms with Crippen molar-refractivity contribution in [1.82, 2.24) is 0 Å². The molecule has 8 saturated carbocycles. The van der Waals surface area contributed by atoms with E-state index in [1.807, 2.05) is 6.92 Å². The van der Waals surface area contributed by atoms with Crippen molar-refractivity contribution >= 4 is 53.2 Å². The molecular weight excluding hydrogens is 959 g/mol. The summed E-state index contributed by atoms with van der Waals surface area (Å²) in [6.07, 6.45) is 18.8. The van der Waals surface area contributed by atoms with Crippen LogP contribution in [0.25, 0.3) is 43.8 Å². The third kappa shape index (κ3) is 10.4. The van der Waals surface area contributed by atoms with Crippen molar-refractivity contribution in [2.24, 2.45) is 35.5 Å². The van der Waals surface area contributed by atoms with E-state index in [9.17, 15) is 0 Å². The first-order valence-electron chi connectivity index (χ1n) is 25.7. The Kier molecular flexibility index (Phi) is 17.4. The minimum atomic E-state index is 0. The van der Waals surface area contributed by atoms with E-state index in [4.69, 9.17) is 0 Å². The van der Waals surface area contributed by atoms with Gasteiger partial charge >= 0.3 is 30.2 Å². The zero-order valence-corrected chi connectivity index (χ0v) is 48.5. The fourth-order valence-electron chi connectivity index (χ4n) is 16.0. The molecule has 8 aliphatic carbocycles. The van der Waals surface area contributed by atoms with Gasteiger partial charge in [-0.05, 0) is 156 Å². The number of hydrogen-bond donors (Lipinski definition) is 0. The van der Waals surface area contributed by atoms with Gasteiger partial charge in [0.1, 0.15) is 0 Å². The summed E-state index contributed by atoms with van der Waals surface area (Å²) in [7, 11) is 0. The molecule has 2 radical (unpaired) electrons. The molecule has 8 bridgehead atoms. The van der Waals surface area contributed by atoms with Gasteiger partial charge in [-0.15, -0.1) is 93.9 Å². The van der Waals surface area contributed by atoms with Crippen LogP contribution in [0.1, 0.15) is 165 Å². The third-order valence-corrected chi connectivity index (χ3v) is 17.7. The predicted octanol–water partition coefficient (Wildman–Crippen LogP) is 18.7. The van der Waals surface area contributed by atoms with Crippen LogP contribution >= 0.6 is 24.8 Å². The van der Waals surface area contributed by atoms with Gasteiger partial charge in [0.05, 0.1) is 0 Å². The van der Waals surface area contributed by atoms with Gasteiger partial charge in [0.2, 0.25) is 0 Å². The van der Waals surface area contributed by atoms with Gasteiger partial charge in [-0.2, -0.15) is 17.5 Å². The number of rotatable bonds is 4. The molecule has 0 spiro atoms. The summed E-state index contributed by atoms with van der Waals surface area (Å²) < 4.78 is 0. The maximum absolute atomic E-state index is 3.49. The Morgan fingerprint density at radius 1 is 0.515 bits per heavy atom. The van der Waals surface area contributed by atoms with Gasteiger partial charge < -0.3 is 14.4 Å². The van der Waals surface area contributed by atoms with Crippen molar-refractivity contribution in [3.05, 3.63) is 145 Å². The normalized spacial score (nSPS) is 27.1. The number of halogens is 2. The van der Waals surface area contributed by atoms with E-state index in [0.29, 0.717) is 10.8 Å². The van der Waals surface area contributed by atoms with Crippen LogP contribution in [0.2, 0.25) is 0 Å². The summed E-state index contributed by atoms with van der Waals surface area (Å²) in [6, 6.07) is 38.2. The Morgan fingerprint density at radius 3 is 1.03 bits per heavy atom. The second kappa shape index (κ2) is 21.5. The summed E-state index contributed by atoms with van der Waals surface area (Å²) >= 11 is 1.36. The molecule has 0 unspecified atom stereocenters. The van der Waals surface area contributed by atoms with Crippen LogP contribution in [0.3, 0.4) is 0 Å². The van der Waals surface area contributed by atoms with E-state index in [1.54, 1.807) is 11.1 Å². The summed E-state index contributed by atoms with van der Waals surface area (Å²) in [4.78, 5) is 0. The third-order valence-electron chi connectivity index (χ3n) is 17.7. The molecule has 6 aromatic rings. The number of hydrogen-bond acceptors (Lipinski definition) is 0. The summed E-state index contributed by atoms with van der Waals surface area (Å²) in [5, 5.41) is 5.68. The minimum absolute atomic E-state index is 0. The van der Waals surface area contributed by atoms with Crippen LogP contribution in [-0.2, 0) is 45.0 Å². The van der Waals surface area contributed by atoms with Crippen molar-refractivity contribution in [3.8, 4) is 22.3 Å². The first kappa shape index (κ1) is 55.1. The average molecular weight is 1040 g/mol. The van der Waals surface area contributed by atoms with E-state index >= 15 is 0 Å². The fraction of sp³-hybridized carbons (Fsp3) is 0.500. The van der Waals surface area contributed by atoms with Gasteiger partial charge in [0.25, 0.3) is 0 Å². The monoisotopic (exact) mass is 1040 g/mol. The molecule has 8 fully saturated rings.